The molecule has 0 radical (unpaired) electrons. The Balaban J connectivity index is 1.80. The smallest absolute Gasteiger partial charge is 0.258 e. The predicted octanol–water partition coefficient (Wildman–Crippen LogP) is 4.52. The van der Waals surface area contributed by atoms with Crippen molar-refractivity contribution in [1.29, 1.82) is 0 Å². The molecule has 0 aliphatic rings. The van der Waals surface area contributed by atoms with Crippen molar-refractivity contribution in [3.8, 4) is 22.9 Å². The molecule has 3 rings (SSSR count). The Morgan fingerprint density at radius 2 is 2.04 bits per heavy atom. The highest BCUT2D eigenvalue weighted by Gasteiger charge is 2.15. The monoisotopic (exact) mass is 389 g/mol. The molecule has 0 bridgehead atoms. The Hall–Kier alpha value is -2.64. The standard InChI is InChI=1S/C18H16ClN3O3S/c1-3-25-14-9-8-11(10-15(14)24-2)16-20-18(26-22-16)21-17(23)12-6-4-5-7-13(12)19/h4-10H,3H2,1-2H3,(H,20,21,22,23). The summed E-state index contributed by atoms with van der Waals surface area (Å²) < 4.78 is 15.1. The van der Waals surface area contributed by atoms with Crippen LogP contribution in [0.25, 0.3) is 11.4 Å². The first-order valence-electron chi connectivity index (χ1n) is 7.83. The van der Waals surface area contributed by atoms with Crippen LogP contribution in [-0.2, 0) is 0 Å². The second-order valence-corrected chi connectivity index (χ2v) is 6.31. The van der Waals surface area contributed by atoms with Crippen LogP contribution in [0, 0.1) is 0 Å². The molecule has 1 aromatic heterocycles. The van der Waals surface area contributed by atoms with Crippen LogP contribution < -0.4 is 14.8 Å². The molecule has 0 spiro atoms. The fraction of sp³-hybridized carbons (Fsp3) is 0.167. The van der Waals surface area contributed by atoms with Gasteiger partial charge in [0.1, 0.15) is 0 Å². The minimum Gasteiger partial charge on any atom is -0.493 e. The van der Waals surface area contributed by atoms with Crippen molar-refractivity contribution >= 4 is 34.2 Å². The van der Waals surface area contributed by atoms with Crippen LogP contribution in [0.1, 0.15) is 17.3 Å². The van der Waals surface area contributed by atoms with Gasteiger partial charge in [-0.3, -0.25) is 10.1 Å². The first-order chi connectivity index (χ1) is 12.6. The number of amides is 1. The number of methoxy groups -OCH3 is 1. The quantitative estimate of drug-likeness (QED) is 0.671. The zero-order chi connectivity index (χ0) is 18.5. The van der Waals surface area contributed by atoms with Crippen LogP contribution in [0.5, 0.6) is 11.5 Å². The average molecular weight is 390 g/mol. The number of hydrogen-bond acceptors (Lipinski definition) is 6. The highest BCUT2D eigenvalue weighted by atomic mass is 35.5. The maximum atomic E-state index is 12.3. The second-order valence-electron chi connectivity index (χ2n) is 5.16. The van der Waals surface area contributed by atoms with Gasteiger partial charge in [-0.05, 0) is 37.3 Å². The molecule has 2 aromatic carbocycles. The highest BCUT2D eigenvalue weighted by molar-refractivity contribution is 7.10. The minimum absolute atomic E-state index is 0.331. The normalized spacial score (nSPS) is 10.4. The maximum Gasteiger partial charge on any atom is 0.258 e. The van der Waals surface area contributed by atoms with Gasteiger partial charge < -0.3 is 9.47 Å². The zero-order valence-corrected chi connectivity index (χ0v) is 15.7. The number of benzene rings is 2. The number of anilines is 1. The van der Waals surface area contributed by atoms with Gasteiger partial charge in [0, 0.05) is 17.1 Å². The van der Waals surface area contributed by atoms with E-state index in [0.717, 1.165) is 17.1 Å². The number of nitrogens with zero attached hydrogens (tertiary/aromatic N) is 2. The summed E-state index contributed by atoms with van der Waals surface area (Å²) in [5, 5.41) is 3.48. The lowest BCUT2D eigenvalue weighted by atomic mass is 10.2. The van der Waals surface area contributed by atoms with Crippen LogP contribution in [-0.4, -0.2) is 29.0 Å². The molecule has 0 saturated heterocycles. The van der Waals surface area contributed by atoms with Crippen molar-refractivity contribution in [2.75, 3.05) is 19.0 Å². The number of carbonyl (C=O) groups is 1. The molecule has 0 atom stereocenters. The Morgan fingerprint density at radius 1 is 1.23 bits per heavy atom. The van der Waals surface area contributed by atoms with Gasteiger partial charge in [-0.15, -0.1) is 0 Å². The van der Waals surface area contributed by atoms with Crippen LogP contribution in [0.3, 0.4) is 0 Å². The summed E-state index contributed by atoms with van der Waals surface area (Å²) in [6, 6.07) is 12.3. The third-order valence-corrected chi connectivity index (χ3v) is 4.45. The van der Waals surface area contributed by atoms with Gasteiger partial charge in [-0.2, -0.15) is 9.36 Å². The van der Waals surface area contributed by atoms with Gasteiger partial charge in [0.15, 0.2) is 17.3 Å². The lowest BCUT2D eigenvalue weighted by molar-refractivity contribution is 0.102. The highest BCUT2D eigenvalue weighted by Crippen LogP contribution is 2.32. The van der Waals surface area contributed by atoms with E-state index in [1.165, 1.54) is 0 Å². The van der Waals surface area contributed by atoms with Crippen molar-refractivity contribution in [3.63, 3.8) is 0 Å². The molecule has 0 aliphatic carbocycles. The molecule has 0 saturated carbocycles. The first-order valence-corrected chi connectivity index (χ1v) is 8.98. The average Bonchev–Trinajstić information content (AvgIpc) is 3.11. The van der Waals surface area contributed by atoms with Crippen LogP contribution in [0.15, 0.2) is 42.5 Å². The Labute approximate surface area is 159 Å². The third-order valence-electron chi connectivity index (χ3n) is 3.49. The lowest BCUT2D eigenvalue weighted by Crippen LogP contribution is -2.12. The summed E-state index contributed by atoms with van der Waals surface area (Å²) >= 11 is 7.13. The number of hydrogen-bond donors (Lipinski definition) is 1. The molecule has 6 nitrogen and oxygen atoms in total. The molecule has 1 heterocycles. The first kappa shape index (κ1) is 18.2. The Kier molecular flexibility index (Phi) is 5.70. The van der Waals surface area contributed by atoms with E-state index in [1.807, 2.05) is 13.0 Å². The molecule has 0 fully saturated rings. The van der Waals surface area contributed by atoms with Crippen LogP contribution >= 0.6 is 23.1 Å². The Bertz CT molecular complexity index is 930. The number of rotatable bonds is 6. The van der Waals surface area contributed by atoms with Crippen molar-refractivity contribution in [2.24, 2.45) is 0 Å². The van der Waals surface area contributed by atoms with Crippen LogP contribution in [0.2, 0.25) is 5.02 Å². The largest absolute Gasteiger partial charge is 0.493 e. The molecular weight excluding hydrogens is 374 g/mol. The SMILES string of the molecule is CCOc1ccc(-c2nsc(NC(=O)c3ccccc3Cl)n2)cc1OC. The van der Waals surface area contributed by atoms with Crippen molar-refractivity contribution in [1.82, 2.24) is 9.36 Å². The molecule has 26 heavy (non-hydrogen) atoms. The molecule has 134 valence electrons. The summed E-state index contributed by atoms with van der Waals surface area (Å²) in [4.78, 5) is 16.7. The number of aromatic nitrogens is 2. The number of ether oxygens (including phenoxy) is 2. The van der Waals surface area contributed by atoms with Gasteiger partial charge in [-0.1, -0.05) is 23.7 Å². The molecular formula is C18H16ClN3O3S. The minimum atomic E-state index is -0.331. The predicted molar refractivity (Wildman–Crippen MR) is 102 cm³/mol. The number of halogens is 1. The zero-order valence-electron chi connectivity index (χ0n) is 14.2. The summed E-state index contributed by atoms with van der Waals surface area (Å²) in [6.45, 7) is 2.45. The van der Waals surface area contributed by atoms with E-state index in [0.29, 0.717) is 39.6 Å². The number of nitrogens with one attached hydrogen (secondary N) is 1. The third kappa shape index (κ3) is 3.95. The van der Waals surface area contributed by atoms with Gasteiger partial charge in [0.2, 0.25) is 5.13 Å². The van der Waals surface area contributed by atoms with Gasteiger partial charge in [0.05, 0.1) is 24.3 Å². The van der Waals surface area contributed by atoms with Gasteiger partial charge in [0.25, 0.3) is 5.91 Å². The van der Waals surface area contributed by atoms with E-state index >= 15 is 0 Å². The topological polar surface area (TPSA) is 73.3 Å². The van der Waals surface area contributed by atoms with E-state index < -0.39 is 0 Å². The summed E-state index contributed by atoms with van der Waals surface area (Å²) in [6.07, 6.45) is 0. The second kappa shape index (κ2) is 8.16. The van der Waals surface area contributed by atoms with Gasteiger partial charge >= 0.3 is 0 Å². The molecule has 1 amide bonds. The van der Waals surface area contributed by atoms with Gasteiger partial charge in [-0.25, -0.2) is 0 Å². The summed E-state index contributed by atoms with van der Waals surface area (Å²) in [7, 11) is 1.57. The van der Waals surface area contributed by atoms with E-state index in [9.17, 15) is 4.79 Å². The Morgan fingerprint density at radius 3 is 2.77 bits per heavy atom. The molecule has 8 heteroatoms. The van der Waals surface area contributed by atoms with E-state index in [2.05, 4.69) is 14.7 Å². The lowest BCUT2D eigenvalue weighted by Gasteiger charge is -2.09. The van der Waals surface area contributed by atoms with Crippen molar-refractivity contribution in [2.45, 2.75) is 6.92 Å². The fourth-order valence-electron chi connectivity index (χ4n) is 2.28. The van der Waals surface area contributed by atoms with E-state index in [-0.39, 0.29) is 5.91 Å². The molecule has 1 N–H and O–H groups in total. The number of carbonyl (C=O) groups excluding carboxylic acids is 1. The fourth-order valence-corrected chi connectivity index (χ4v) is 3.09. The van der Waals surface area contributed by atoms with Crippen molar-refractivity contribution in [3.05, 3.63) is 53.1 Å². The van der Waals surface area contributed by atoms with Crippen molar-refractivity contribution < 1.29 is 14.3 Å². The molecule has 3 aromatic rings. The molecule has 0 aliphatic heterocycles. The van der Waals surface area contributed by atoms with E-state index in [4.69, 9.17) is 21.1 Å². The summed E-state index contributed by atoms with van der Waals surface area (Å²) in [5.41, 5.74) is 1.15. The van der Waals surface area contributed by atoms with E-state index in [1.54, 1.807) is 43.5 Å². The van der Waals surface area contributed by atoms with Crippen LogP contribution in [0.4, 0.5) is 5.13 Å². The molecule has 0 unspecified atom stereocenters. The summed E-state index contributed by atoms with van der Waals surface area (Å²) in [5.74, 6) is 1.41. The maximum absolute atomic E-state index is 12.3.